The van der Waals surface area contributed by atoms with E-state index >= 15 is 0 Å². The van der Waals surface area contributed by atoms with Crippen molar-refractivity contribution in [1.29, 1.82) is 0 Å². The lowest BCUT2D eigenvalue weighted by molar-refractivity contribution is 0.102. The number of para-hydroxylation sites is 2. The number of carbonyl (C=O) groups is 1. The average Bonchev–Trinajstić information content (AvgIpc) is 3.01. The standard InChI is InChI=1S/C33H36N4O4S/c1-24-11-7-8-14-28(24)33(38)34-27-17-18-30(32(23-27)42(39,40)35-25(2)26-12-5-4-6-13-26)37-21-19-36(20-22-37)29-15-9-10-16-31(29)41-3/h4-18,23,25,35H,19-22H2,1-3H3,(H,34,38)/t25-/m1/s1. The molecule has 0 unspecified atom stereocenters. The van der Waals surface area contributed by atoms with E-state index in [0.29, 0.717) is 43.1 Å². The molecular formula is C33H36N4O4S. The molecule has 1 amide bonds. The highest BCUT2D eigenvalue weighted by atomic mass is 32.2. The van der Waals surface area contributed by atoms with Gasteiger partial charge in [0.1, 0.15) is 10.6 Å². The van der Waals surface area contributed by atoms with Gasteiger partial charge in [0.15, 0.2) is 0 Å². The van der Waals surface area contributed by atoms with Gasteiger partial charge in [0, 0.05) is 43.5 Å². The number of amides is 1. The molecule has 1 saturated heterocycles. The molecule has 0 radical (unpaired) electrons. The average molecular weight is 585 g/mol. The summed E-state index contributed by atoms with van der Waals surface area (Å²) in [5.41, 5.74) is 4.25. The van der Waals surface area contributed by atoms with Crippen LogP contribution in [0.2, 0.25) is 0 Å². The van der Waals surface area contributed by atoms with E-state index < -0.39 is 16.1 Å². The second-order valence-corrected chi connectivity index (χ2v) is 12.0. The van der Waals surface area contributed by atoms with Crippen LogP contribution in [0, 0.1) is 6.92 Å². The molecular weight excluding hydrogens is 548 g/mol. The summed E-state index contributed by atoms with van der Waals surface area (Å²) in [5.74, 6) is 0.516. The number of aryl methyl sites for hydroxylation is 1. The summed E-state index contributed by atoms with van der Waals surface area (Å²) in [7, 11) is -2.31. The molecule has 2 N–H and O–H groups in total. The Morgan fingerprint density at radius 1 is 0.810 bits per heavy atom. The van der Waals surface area contributed by atoms with Gasteiger partial charge in [0.05, 0.1) is 18.5 Å². The van der Waals surface area contributed by atoms with Crippen LogP contribution in [0.3, 0.4) is 0 Å². The number of sulfonamides is 1. The number of hydrogen-bond acceptors (Lipinski definition) is 6. The molecule has 1 heterocycles. The SMILES string of the molecule is COc1ccccc1N1CCN(c2ccc(NC(=O)c3ccccc3C)cc2S(=O)(=O)N[C@H](C)c2ccccc2)CC1. The Bertz CT molecular complexity index is 1650. The Balaban J connectivity index is 1.44. The van der Waals surface area contributed by atoms with Gasteiger partial charge < -0.3 is 19.9 Å². The summed E-state index contributed by atoms with van der Waals surface area (Å²) in [4.78, 5) is 17.5. The van der Waals surface area contributed by atoms with Gasteiger partial charge in [-0.15, -0.1) is 0 Å². The third-order valence-corrected chi connectivity index (χ3v) is 9.14. The first kappa shape index (κ1) is 29.2. The third kappa shape index (κ3) is 6.42. The maximum Gasteiger partial charge on any atom is 0.255 e. The zero-order chi connectivity index (χ0) is 29.7. The number of nitrogens with zero attached hydrogens (tertiary/aromatic N) is 2. The molecule has 0 bridgehead atoms. The van der Waals surface area contributed by atoms with Crippen LogP contribution in [0.15, 0.2) is 102 Å². The van der Waals surface area contributed by atoms with Crippen molar-refractivity contribution in [1.82, 2.24) is 4.72 Å². The van der Waals surface area contributed by atoms with Gasteiger partial charge in [0.2, 0.25) is 10.0 Å². The van der Waals surface area contributed by atoms with Gasteiger partial charge in [-0.3, -0.25) is 4.79 Å². The van der Waals surface area contributed by atoms with Gasteiger partial charge >= 0.3 is 0 Å². The van der Waals surface area contributed by atoms with Crippen LogP contribution in [-0.4, -0.2) is 47.6 Å². The molecule has 0 spiro atoms. The number of ether oxygens (including phenoxy) is 1. The van der Waals surface area contributed by atoms with E-state index in [4.69, 9.17) is 4.74 Å². The first-order valence-corrected chi connectivity index (χ1v) is 15.5. The van der Waals surface area contributed by atoms with Crippen molar-refractivity contribution in [2.75, 3.05) is 48.4 Å². The van der Waals surface area contributed by atoms with E-state index in [9.17, 15) is 13.2 Å². The number of nitrogens with one attached hydrogen (secondary N) is 2. The first-order valence-electron chi connectivity index (χ1n) is 14.0. The van der Waals surface area contributed by atoms with Crippen molar-refractivity contribution in [3.05, 3.63) is 114 Å². The quantitative estimate of drug-likeness (QED) is 0.265. The molecule has 1 fully saturated rings. The Morgan fingerprint density at radius 3 is 2.12 bits per heavy atom. The van der Waals surface area contributed by atoms with E-state index in [1.807, 2.05) is 80.6 Å². The van der Waals surface area contributed by atoms with Crippen LogP contribution in [0.5, 0.6) is 5.75 Å². The summed E-state index contributed by atoms with van der Waals surface area (Å²) in [6.07, 6.45) is 0. The van der Waals surface area contributed by atoms with E-state index in [1.54, 1.807) is 37.4 Å². The summed E-state index contributed by atoms with van der Waals surface area (Å²) < 4.78 is 36.3. The monoisotopic (exact) mass is 584 g/mol. The summed E-state index contributed by atoms with van der Waals surface area (Å²) >= 11 is 0. The third-order valence-electron chi connectivity index (χ3n) is 7.57. The van der Waals surface area contributed by atoms with Crippen LogP contribution in [0.4, 0.5) is 17.1 Å². The highest BCUT2D eigenvalue weighted by molar-refractivity contribution is 7.89. The Labute approximate surface area is 248 Å². The smallest absolute Gasteiger partial charge is 0.255 e. The van der Waals surface area contributed by atoms with Crippen molar-refractivity contribution >= 4 is 33.0 Å². The highest BCUT2D eigenvalue weighted by Gasteiger charge is 2.28. The molecule has 1 atom stereocenters. The molecule has 5 rings (SSSR count). The van der Waals surface area contributed by atoms with E-state index in [-0.39, 0.29) is 10.8 Å². The second-order valence-electron chi connectivity index (χ2n) is 10.4. The second kappa shape index (κ2) is 12.7. The Kier molecular flexibility index (Phi) is 8.80. The molecule has 0 aliphatic carbocycles. The van der Waals surface area contributed by atoms with Crippen molar-refractivity contribution in [2.45, 2.75) is 24.8 Å². The van der Waals surface area contributed by atoms with E-state index in [2.05, 4.69) is 19.8 Å². The lowest BCUT2D eigenvalue weighted by Gasteiger charge is -2.38. The lowest BCUT2D eigenvalue weighted by atomic mass is 10.1. The molecule has 1 aliphatic heterocycles. The van der Waals surface area contributed by atoms with Gasteiger partial charge in [-0.25, -0.2) is 13.1 Å². The maximum atomic E-state index is 13.9. The van der Waals surface area contributed by atoms with Crippen molar-refractivity contribution in [3.8, 4) is 5.75 Å². The molecule has 4 aromatic rings. The molecule has 42 heavy (non-hydrogen) atoms. The van der Waals surface area contributed by atoms with Crippen LogP contribution in [-0.2, 0) is 10.0 Å². The minimum absolute atomic E-state index is 0.124. The normalized spacial score (nSPS) is 14.4. The number of hydrogen-bond donors (Lipinski definition) is 2. The predicted molar refractivity (Wildman–Crippen MR) is 168 cm³/mol. The van der Waals surface area contributed by atoms with Crippen LogP contribution >= 0.6 is 0 Å². The largest absolute Gasteiger partial charge is 0.495 e. The topological polar surface area (TPSA) is 91.0 Å². The molecule has 9 heteroatoms. The van der Waals surface area contributed by atoms with E-state index in [1.165, 1.54) is 0 Å². The summed E-state index contributed by atoms with van der Waals surface area (Å²) in [6.45, 7) is 6.31. The number of benzene rings is 4. The highest BCUT2D eigenvalue weighted by Crippen LogP contribution is 2.33. The van der Waals surface area contributed by atoms with Crippen LogP contribution < -0.4 is 24.6 Å². The van der Waals surface area contributed by atoms with Crippen LogP contribution in [0.1, 0.15) is 34.5 Å². The van der Waals surface area contributed by atoms with Gasteiger partial charge in [-0.1, -0.05) is 60.7 Å². The molecule has 1 aliphatic rings. The number of anilines is 3. The number of piperazine rings is 1. The summed E-state index contributed by atoms with van der Waals surface area (Å²) in [5, 5.41) is 2.90. The number of rotatable bonds is 9. The maximum absolute atomic E-state index is 13.9. The minimum Gasteiger partial charge on any atom is -0.495 e. The lowest BCUT2D eigenvalue weighted by Crippen LogP contribution is -2.47. The predicted octanol–water partition coefficient (Wildman–Crippen LogP) is 5.62. The molecule has 0 aromatic heterocycles. The van der Waals surface area contributed by atoms with Gasteiger partial charge in [0.25, 0.3) is 5.91 Å². The van der Waals surface area contributed by atoms with E-state index in [0.717, 1.165) is 22.6 Å². The van der Waals surface area contributed by atoms with Crippen molar-refractivity contribution in [3.63, 3.8) is 0 Å². The Hall–Kier alpha value is -4.34. The van der Waals surface area contributed by atoms with Gasteiger partial charge in [-0.2, -0.15) is 0 Å². The Morgan fingerprint density at radius 2 is 1.43 bits per heavy atom. The fourth-order valence-electron chi connectivity index (χ4n) is 5.28. The fraction of sp³-hybridized carbons (Fsp3) is 0.242. The molecule has 8 nitrogen and oxygen atoms in total. The molecule has 4 aromatic carbocycles. The first-order chi connectivity index (χ1) is 20.3. The zero-order valence-electron chi connectivity index (χ0n) is 24.1. The van der Waals surface area contributed by atoms with Crippen molar-refractivity contribution < 1.29 is 17.9 Å². The number of methoxy groups -OCH3 is 1. The number of carbonyl (C=O) groups excluding carboxylic acids is 1. The molecule has 218 valence electrons. The molecule has 0 saturated carbocycles. The fourth-order valence-corrected chi connectivity index (χ4v) is 6.76. The van der Waals surface area contributed by atoms with Crippen molar-refractivity contribution in [2.24, 2.45) is 0 Å². The van der Waals surface area contributed by atoms with Gasteiger partial charge in [-0.05, 0) is 61.4 Å². The minimum atomic E-state index is -3.97. The van der Waals surface area contributed by atoms with Crippen LogP contribution in [0.25, 0.3) is 0 Å². The zero-order valence-corrected chi connectivity index (χ0v) is 24.9. The summed E-state index contributed by atoms with van der Waals surface area (Å²) in [6, 6.07) is 29.3.